The van der Waals surface area contributed by atoms with Gasteiger partial charge in [-0.2, -0.15) is 0 Å². The molecule has 3 rings (SSSR count). The van der Waals surface area contributed by atoms with E-state index < -0.39 is 24.4 Å². The fraction of sp³-hybridized carbons (Fsp3) is 0.500. The molecule has 0 unspecified atom stereocenters. The highest BCUT2D eigenvalue weighted by molar-refractivity contribution is 5.68. The summed E-state index contributed by atoms with van der Waals surface area (Å²) in [5.74, 6) is 0.245. The molecule has 0 spiro atoms. The number of aliphatic hydroxyl groups is 3. The number of hydrogen-bond acceptors (Lipinski definition) is 7. The minimum absolute atomic E-state index is 0.245. The van der Waals surface area contributed by atoms with Gasteiger partial charge >= 0.3 is 0 Å². The van der Waals surface area contributed by atoms with E-state index in [1.165, 1.54) is 12.5 Å². The van der Waals surface area contributed by atoms with Gasteiger partial charge in [0.15, 0.2) is 11.5 Å². The van der Waals surface area contributed by atoms with Crippen LogP contribution in [0.25, 0.3) is 11.2 Å². The van der Waals surface area contributed by atoms with Gasteiger partial charge in [-0.25, -0.2) is 15.0 Å². The van der Waals surface area contributed by atoms with E-state index in [1.807, 2.05) is 0 Å². The van der Waals surface area contributed by atoms with Crippen LogP contribution in [-0.2, 0) is 4.74 Å². The molecule has 0 aliphatic carbocycles. The molecule has 1 aliphatic heterocycles. The van der Waals surface area contributed by atoms with Gasteiger partial charge in [0.25, 0.3) is 0 Å². The molecule has 1 saturated heterocycles. The van der Waals surface area contributed by atoms with Crippen molar-refractivity contribution in [2.24, 2.45) is 0 Å². The maximum Gasteiger partial charge on any atom is 0.162 e. The van der Waals surface area contributed by atoms with E-state index in [1.54, 1.807) is 0 Å². The van der Waals surface area contributed by atoms with Crippen LogP contribution < -0.4 is 0 Å². The molecule has 8 heteroatoms. The molecular formula is C10H12N4O4. The number of ether oxygens (including phenoxy) is 1. The largest absolute Gasteiger partial charge is 0.394 e. The fourth-order valence-corrected chi connectivity index (χ4v) is 2.00. The Morgan fingerprint density at radius 3 is 2.83 bits per heavy atom. The highest BCUT2D eigenvalue weighted by atomic mass is 16.6. The second-order valence-corrected chi connectivity index (χ2v) is 4.12. The minimum atomic E-state index is -1.16. The Kier molecular flexibility index (Phi) is 2.71. The maximum atomic E-state index is 9.84. The van der Waals surface area contributed by atoms with Gasteiger partial charge in [0.2, 0.25) is 0 Å². The first kappa shape index (κ1) is 11.5. The summed E-state index contributed by atoms with van der Waals surface area (Å²) in [4.78, 5) is 15.0. The van der Waals surface area contributed by atoms with E-state index in [4.69, 9.17) is 9.84 Å². The first-order valence-corrected chi connectivity index (χ1v) is 5.49. The van der Waals surface area contributed by atoms with Crippen molar-refractivity contribution in [3.63, 3.8) is 0 Å². The van der Waals surface area contributed by atoms with Crippen LogP contribution >= 0.6 is 0 Å². The van der Waals surface area contributed by atoms with Crippen molar-refractivity contribution < 1.29 is 20.1 Å². The Morgan fingerprint density at radius 2 is 2.11 bits per heavy atom. The summed E-state index contributed by atoms with van der Waals surface area (Å²) in [6.45, 7) is -0.374. The average Bonchev–Trinajstić information content (AvgIpc) is 2.95. The monoisotopic (exact) mass is 252 g/mol. The second-order valence-electron chi connectivity index (χ2n) is 4.12. The van der Waals surface area contributed by atoms with Crippen molar-refractivity contribution in [1.82, 2.24) is 19.9 Å². The molecule has 1 aliphatic rings. The van der Waals surface area contributed by atoms with Crippen LogP contribution in [0.5, 0.6) is 0 Å². The quantitative estimate of drug-likeness (QED) is 0.513. The van der Waals surface area contributed by atoms with Crippen molar-refractivity contribution in [2.75, 3.05) is 6.61 Å². The Balaban J connectivity index is 1.94. The van der Waals surface area contributed by atoms with Crippen LogP contribution in [0.3, 0.4) is 0 Å². The van der Waals surface area contributed by atoms with E-state index in [9.17, 15) is 10.2 Å². The van der Waals surface area contributed by atoms with E-state index in [-0.39, 0.29) is 12.4 Å². The highest BCUT2D eigenvalue weighted by Crippen LogP contribution is 2.31. The lowest BCUT2D eigenvalue weighted by Gasteiger charge is -2.12. The van der Waals surface area contributed by atoms with Crippen LogP contribution in [0.2, 0.25) is 0 Å². The van der Waals surface area contributed by atoms with Crippen LogP contribution in [0.1, 0.15) is 11.9 Å². The van der Waals surface area contributed by atoms with Crippen LogP contribution in [0.4, 0.5) is 0 Å². The van der Waals surface area contributed by atoms with E-state index in [0.717, 1.165) is 0 Å². The van der Waals surface area contributed by atoms with Gasteiger partial charge in [-0.05, 0) is 0 Å². The lowest BCUT2D eigenvalue weighted by molar-refractivity contribution is -0.0252. The highest BCUT2D eigenvalue weighted by Gasteiger charge is 2.44. The number of fused-ring (bicyclic) bond motifs is 1. The molecular weight excluding hydrogens is 240 g/mol. The van der Waals surface area contributed by atoms with Gasteiger partial charge in [-0.1, -0.05) is 0 Å². The Hall–Kier alpha value is -1.61. The zero-order chi connectivity index (χ0) is 12.7. The number of rotatable bonds is 2. The lowest BCUT2D eigenvalue weighted by Crippen LogP contribution is -2.32. The third-order valence-electron chi connectivity index (χ3n) is 2.99. The van der Waals surface area contributed by atoms with Gasteiger partial charge in [-0.15, -0.1) is 0 Å². The molecule has 0 radical (unpaired) electrons. The Labute approximate surface area is 101 Å². The zero-order valence-corrected chi connectivity index (χ0v) is 9.26. The summed E-state index contributed by atoms with van der Waals surface area (Å²) in [5.41, 5.74) is 1.13. The summed E-state index contributed by atoms with van der Waals surface area (Å²) in [5, 5.41) is 28.5. The molecule has 4 atom stereocenters. The van der Waals surface area contributed by atoms with Crippen molar-refractivity contribution in [2.45, 2.75) is 24.4 Å². The predicted molar refractivity (Wildman–Crippen MR) is 58.4 cm³/mol. The topological polar surface area (TPSA) is 124 Å². The SMILES string of the molecule is OC[C@H]1O[C@@H](c2ncc3nc[nH]c3n2)[C@@H](O)[C@@H]1O. The summed E-state index contributed by atoms with van der Waals surface area (Å²) in [6.07, 6.45) is -1.01. The molecule has 0 amide bonds. The van der Waals surface area contributed by atoms with Gasteiger partial charge in [0, 0.05) is 0 Å². The molecule has 0 bridgehead atoms. The third-order valence-corrected chi connectivity index (χ3v) is 2.99. The van der Waals surface area contributed by atoms with Crippen LogP contribution in [-0.4, -0.2) is 60.2 Å². The van der Waals surface area contributed by atoms with Crippen molar-refractivity contribution in [1.29, 1.82) is 0 Å². The van der Waals surface area contributed by atoms with Gasteiger partial charge in [0.05, 0.1) is 19.1 Å². The standard InChI is InChI=1S/C10H12N4O4/c15-2-5-6(16)7(17)8(18-5)10-11-1-4-9(14-10)13-3-12-4/h1,3,5-8,15-17H,2H2,(H,11,12,13,14)/t5-,6-,7+,8-/m1/s1. The van der Waals surface area contributed by atoms with E-state index >= 15 is 0 Å². The lowest BCUT2D eigenvalue weighted by atomic mass is 10.1. The van der Waals surface area contributed by atoms with Gasteiger partial charge < -0.3 is 25.0 Å². The summed E-state index contributed by atoms with van der Waals surface area (Å²) in [6, 6.07) is 0. The van der Waals surface area contributed by atoms with Crippen LogP contribution in [0.15, 0.2) is 12.5 Å². The Bertz CT molecular complexity index is 560. The average molecular weight is 252 g/mol. The molecule has 96 valence electrons. The number of aromatic nitrogens is 4. The van der Waals surface area contributed by atoms with Crippen LogP contribution in [0, 0.1) is 0 Å². The van der Waals surface area contributed by atoms with E-state index in [2.05, 4.69) is 19.9 Å². The molecule has 18 heavy (non-hydrogen) atoms. The molecule has 1 fully saturated rings. The van der Waals surface area contributed by atoms with Gasteiger partial charge in [-0.3, -0.25) is 0 Å². The predicted octanol–water partition coefficient (Wildman–Crippen LogP) is -1.49. The first-order chi connectivity index (χ1) is 8.70. The number of aromatic amines is 1. The number of H-pyrrole nitrogens is 1. The first-order valence-electron chi connectivity index (χ1n) is 5.49. The molecule has 3 heterocycles. The minimum Gasteiger partial charge on any atom is -0.394 e. The molecule has 2 aromatic heterocycles. The number of nitrogens with zero attached hydrogens (tertiary/aromatic N) is 3. The number of aliphatic hydroxyl groups excluding tert-OH is 3. The van der Waals surface area contributed by atoms with Gasteiger partial charge in [0.1, 0.15) is 29.9 Å². The van der Waals surface area contributed by atoms with Crippen molar-refractivity contribution in [3.05, 3.63) is 18.3 Å². The molecule has 4 N–H and O–H groups in total. The van der Waals surface area contributed by atoms with Crippen molar-refractivity contribution in [3.8, 4) is 0 Å². The smallest absolute Gasteiger partial charge is 0.162 e. The normalized spacial score (nSPS) is 32.2. The summed E-state index contributed by atoms with van der Waals surface area (Å²) >= 11 is 0. The maximum absolute atomic E-state index is 9.84. The number of nitrogens with one attached hydrogen (secondary N) is 1. The molecule has 2 aromatic rings. The molecule has 0 aromatic carbocycles. The third kappa shape index (κ3) is 1.66. The van der Waals surface area contributed by atoms with Crippen molar-refractivity contribution >= 4 is 11.2 Å². The molecule has 8 nitrogen and oxygen atoms in total. The zero-order valence-electron chi connectivity index (χ0n) is 9.26. The van der Waals surface area contributed by atoms with E-state index in [0.29, 0.717) is 11.2 Å². The Morgan fingerprint density at radius 1 is 1.28 bits per heavy atom. The summed E-state index contributed by atoms with van der Waals surface area (Å²) in [7, 11) is 0. The number of imidazole rings is 1. The fourth-order valence-electron chi connectivity index (χ4n) is 2.00. The number of hydrogen-bond donors (Lipinski definition) is 4. The summed E-state index contributed by atoms with van der Waals surface area (Å²) < 4.78 is 5.34. The second kappa shape index (κ2) is 4.25. The molecule has 0 saturated carbocycles.